The summed E-state index contributed by atoms with van der Waals surface area (Å²) in [5.41, 5.74) is 2.01. The van der Waals surface area contributed by atoms with Crippen molar-refractivity contribution in [2.45, 2.75) is 25.0 Å². The number of nitrogens with zero attached hydrogens (tertiary/aromatic N) is 3. The molecule has 0 bridgehead atoms. The molecule has 2 unspecified atom stereocenters. The zero-order valence-corrected chi connectivity index (χ0v) is 19.0. The maximum absolute atomic E-state index is 14.8. The van der Waals surface area contributed by atoms with Crippen LogP contribution in [0.2, 0.25) is 0 Å². The summed E-state index contributed by atoms with van der Waals surface area (Å²) in [5, 5.41) is 3.02. The standard InChI is InChI=1S/C26H25FN4O4/c27-20-5-2-1-4-19(20)25-21-6-3-9-29(21)10-11-30(25)26(33)28-17-14-24(32)31(16-17)18-7-8-22-23(15-18)35-13-12-34-22/h1-9,15,17,25H,10-14,16H2,(H,28,33). The summed E-state index contributed by atoms with van der Waals surface area (Å²) in [6.07, 6.45) is 2.13. The molecular weight excluding hydrogens is 451 g/mol. The summed E-state index contributed by atoms with van der Waals surface area (Å²) in [5.74, 6) is 0.833. The lowest BCUT2D eigenvalue weighted by atomic mass is 9.99. The second-order valence-corrected chi connectivity index (χ2v) is 8.93. The van der Waals surface area contributed by atoms with Crippen LogP contribution in [0.1, 0.15) is 23.7 Å². The number of carbonyl (C=O) groups is 2. The van der Waals surface area contributed by atoms with Gasteiger partial charge in [-0.1, -0.05) is 18.2 Å². The van der Waals surface area contributed by atoms with E-state index in [9.17, 15) is 14.0 Å². The second kappa shape index (κ2) is 8.65. The maximum atomic E-state index is 14.8. The van der Waals surface area contributed by atoms with Gasteiger partial charge in [0.05, 0.1) is 6.04 Å². The normalized spacial score (nSPS) is 21.1. The molecule has 3 aromatic rings. The Morgan fingerprint density at radius 2 is 1.83 bits per heavy atom. The number of urea groups is 1. The smallest absolute Gasteiger partial charge is 0.318 e. The maximum Gasteiger partial charge on any atom is 0.318 e. The number of fused-ring (bicyclic) bond motifs is 2. The SMILES string of the molecule is O=C1CC(NC(=O)N2CCn3cccc3C2c2ccccc2F)CN1c1ccc2c(c1)OCCO2. The summed E-state index contributed by atoms with van der Waals surface area (Å²) in [4.78, 5) is 29.6. The van der Waals surface area contributed by atoms with E-state index in [1.54, 1.807) is 40.1 Å². The Labute approximate surface area is 201 Å². The van der Waals surface area contributed by atoms with Crippen LogP contribution in [0.25, 0.3) is 0 Å². The van der Waals surface area contributed by atoms with E-state index in [2.05, 4.69) is 5.32 Å². The van der Waals surface area contributed by atoms with Crippen molar-refractivity contribution in [3.8, 4) is 11.5 Å². The Bertz CT molecular complexity index is 1290. The molecule has 2 aromatic carbocycles. The molecule has 180 valence electrons. The highest BCUT2D eigenvalue weighted by atomic mass is 19.1. The largest absolute Gasteiger partial charge is 0.486 e. The Morgan fingerprint density at radius 3 is 2.69 bits per heavy atom. The van der Waals surface area contributed by atoms with Gasteiger partial charge in [0.1, 0.15) is 25.1 Å². The van der Waals surface area contributed by atoms with Gasteiger partial charge in [0, 0.05) is 55.3 Å². The van der Waals surface area contributed by atoms with Crippen molar-refractivity contribution in [2.24, 2.45) is 0 Å². The van der Waals surface area contributed by atoms with Crippen LogP contribution in [0.3, 0.4) is 0 Å². The zero-order chi connectivity index (χ0) is 23.9. The fraction of sp³-hybridized carbons (Fsp3) is 0.308. The summed E-state index contributed by atoms with van der Waals surface area (Å²) in [6, 6.07) is 14.6. The first-order valence-corrected chi connectivity index (χ1v) is 11.7. The highest BCUT2D eigenvalue weighted by molar-refractivity contribution is 5.97. The van der Waals surface area contributed by atoms with Gasteiger partial charge in [-0.15, -0.1) is 0 Å². The van der Waals surface area contributed by atoms with Gasteiger partial charge in [0.25, 0.3) is 0 Å². The molecule has 1 saturated heterocycles. The van der Waals surface area contributed by atoms with Crippen molar-refractivity contribution >= 4 is 17.6 Å². The van der Waals surface area contributed by atoms with Crippen molar-refractivity contribution < 1.29 is 23.5 Å². The highest BCUT2D eigenvalue weighted by Crippen LogP contribution is 2.36. The molecule has 6 rings (SSSR count). The predicted octanol–water partition coefficient (Wildman–Crippen LogP) is 3.32. The van der Waals surface area contributed by atoms with Gasteiger partial charge >= 0.3 is 6.03 Å². The van der Waals surface area contributed by atoms with Crippen LogP contribution in [0, 0.1) is 5.82 Å². The van der Waals surface area contributed by atoms with Gasteiger partial charge in [-0.2, -0.15) is 0 Å². The number of aromatic nitrogens is 1. The Morgan fingerprint density at radius 1 is 1.00 bits per heavy atom. The molecule has 1 N–H and O–H groups in total. The third-order valence-corrected chi connectivity index (χ3v) is 6.79. The number of halogens is 1. The Balaban J connectivity index is 1.21. The van der Waals surface area contributed by atoms with E-state index >= 15 is 0 Å². The Kier molecular flexibility index (Phi) is 5.32. The monoisotopic (exact) mass is 476 g/mol. The molecule has 0 radical (unpaired) electrons. The zero-order valence-electron chi connectivity index (χ0n) is 19.0. The molecule has 3 amide bonds. The Hall–Kier alpha value is -4.01. The first kappa shape index (κ1) is 21.5. The van der Waals surface area contributed by atoms with E-state index in [-0.39, 0.29) is 30.2 Å². The molecule has 0 spiro atoms. The molecule has 0 saturated carbocycles. The minimum Gasteiger partial charge on any atom is -0.486 e. The molecule has 2 atom stereocenters. The van der Waals surface area contributed by atoms with E-state index < -0.39 is 6.04 Å². The minimum absolute atomic E-state index is 0.0786. The third kappa shape index (κ3) is 3.86. The molecule has 0 aliphatic carbocycles. The number of anilines is 1. The number of carbonyl (C=O) groups excluding carboxylic acids is 2. The molecule has 8 nitrogen and oxygen atoms in total. The lowest BCUT2D eigenvalue weighted by Gasteiger charge is -2.38. The summed E-state index contributed by atoms with van der Waals surface area (Å²) in [6.45, 7) is 2.36. The number of hydrogen-bond donors (Lipinski definition) is 1. The average Bonchev–Trinajstić information content (AvgIpc) is 3.50. The third-order valence-electron chi connectivity index (χ3n) is 6.79. The van der Waals surface area contributed by atoms with E-state index in [1.807, 2.05) is 29.0 Å². The summed E-state index contributed by atoms with van der Waals surface area (Å²) in [7, 11) is 0. The van der Waals surface area contributed by atoms with Gasteiger partial charge in [-0.05, 0) is 30.3 Å². The van der Waals surface area contributed by atoms with Gasteiger partial charge < -0.3 is 29.2 Å². The summed E-state index contributed by atoms with van der Waals surface area (Å²) >= 11 is 0. The summed E-state index contributed by atoms with van der Waals surface area (Å²) < 4.78 is 28.0. The molecular formula is C26H25FN4O4. The van der Waals surface area contributed by atoms with Gasteiger partial charge in [-0.3, -0.25) is 4.79 Å². The van der Waals surface area contributed by atoms with Crippen molar-refractivity contribution in [1.29, 1.82) is 0 Å². The number of hydrogen-bond acceptors (Lipinski definition) is 4. The minimum atomic E-state index is -0.550. The molecule has 35 heavy (non-hydrogen) atoms. The first-order valence-electron chi connectivity index (χ1n) is 11.7. The van der Waals surface area contributed by atoms with Crippen LogP contribution >= 0.6 is 0 Å². The van der Waals surface area contributed by atoms with Crippen LogP contribution < -0.4 is 19.7 Å². The quantitative estimate of drug-likeness (QED) is 0.629. The first-order chi connectivity index (χ1) is 17.1. The predicted molar refractivity (Wildman–Crippen MR) is 126 cm³/mol. The number of nitrogens with one attached hydrogen (secondary N) is 1. The molecule has 3 aliphatic heterocycles. The second-order valence-electron chi connectivity index (χ2n) is 8.93. The van der Waals surface area contributed by atoms with E-state index in [4.69, 9.17) is 9.47 Å². The van der Waals surface area contributed by atoms with Crippen LogP contribution in [0.4, 0.5) is 14.9 Å². The van der Waals surface area contributed by atoms with Crippen LogP contribution in [-0.2, 0) is 11.3 Å². The lowest BCUT2D eigenvalue weighted by Crippen LogP contribution is -2.50. The fourth-order valence-electron chi connectivity index (χ4n) is 5.14. The van der Waals surface area contributed by atoms with Crippen LogP contribution in [-0.4, -0.2) is 53.8 Å². The van der Waals surface area contributed by atoms with Gasteiger partial charge in [0.2, 0.25) is 5.91 Å². The number of ether oxygens (including phenoxy) is 2. The number of amides is 3. The molecule has 4 heterocycles. The van der Waals surface area contributed by atoms with Crippen molar-refractivity contribution in [1.82, 2.24) is 14.8 Å². The van der Waals surface area contributed by atoms with Crippen LogP contribution in [0.5, 0.6) is 11.5 Å². The molecule has 1 aromatic heterocycles. The van der Waals surface area contributed by atoms with Crippen molar-refractivity contribution in [3.05, 3.63) is 77.9 Å². The number of benzene rings is 2. The molecule has 3 aliphatic rings. The van der Waals surface area contributed by atoms with Gasteiger partial charge in [0.15, 0.2) is 11.5 Å². The fourth-order valence-corrected chi connectivity index (χ4v) is 5.14. The molecule has 9 heteroatoms. The van der Waals surface area contributed by atoms with E-state index in [0.717, 1.165) is 5.69 Å². The van der Waals surface area contributed by atoms with Crippen molar-refractivity contribution in [2.75, 3.05) is 31.2 Å². The topological polar surface area (TPSA) is 76.0 Å². The highest BCUT2D eigenvalue weighted by Gasteiger charge is 2.37. The van der Waals surface area contributed by atoms with Gasteiger partial charge in [-0.25, -0.2) is 9.18 Å². The average molecular weight is 477 g/mol. The number of rotatable bonds is 3. The van der Waals surface area contributed by atoms with Crippen LogP contribution in [0.15, 0.2) is 60.8 Å². The van der Waals surface area contributed by atoms with E-state index in [0.29, 0.717) is 55.6 Å². The molecule has 1 fully saturated rings. The van der Waals surface area contributed by atoms with E-state index in [1.165, 1.54) is 6.07 Å². The van der Waals surface area contributed by atoms with Crippen molar-refractivity contribution in [3.63, 3.8) is 0 Å². The lowest BCUT2D eigenvalue weighted by molar-refractivity contribution is -0.117.